The zero-order valence-electron chi connectivity index (χ0n) is 14.1. The van der Waals surface area contributed by atoms with Crippen molar-refractivity contribution >= 4 is 5.96 Å². The minimum atomic E-state index is 0.961. The van der Waals surface area contributed by atoms with Gasteiger partial charge in [-0.25, -0.2) is 0 Å². The second-order valence-electron chi connectivity index (χ2n) is 5.82. The lowest BCUT2D eigenvalue weighted by Crippen LogP contribution is -2.43. The minimum absolute atomic E-state index is 0.961. The van der Waals surface area contributed by atoms with Crippen molar-refractivity contribution in [2.24, 2.45) is 4.99 Å². The maximum Gasteiger partial charge on any atom is 0.193 e. The van der Waals surface area contributed by atoms with E-state index in [1.54, 1.807) is 0 Å². The molecule has 0 bridgehead atoms. The van der Waals surface area contributed by atoms with Gasteiger partial charge < -0.3 is 20.0 Å². The van der Waals surface area contributed by atoms with Gasteiger partial charge in [0.05, 0.1) is 0 Å². The molecule has 1 heterocycles. The highest BCUT2D eigenvalue weighted by molar-refractivity contribution is 5.79. The highest BCUT2D eigenvalue weighted by atomic mass is 15.3. The first kappa shape index (κ1) is 18.0. The van der Waals surface area contributed by atoms with Gasteiger partial charge in [0.2, 0.25) is 0 Å². The van der Waals surface area contributed by atoms with Gasteiger partial charge in [-0.15, -0.1) is 6.58 Å². The zero-order chi connectivity index (χ0) is 15.5. The maximum absolute atomic E-state index is 4.36. The fourth-order valence-electron chi connectivity index (χ4n) is 2.61. The number of likely N-dealkylation sites (N-methyl/N-ethyl adjacent to an activating group) is 1. The number of aliphatic imine (C=N–C) groups is 1. The summed E-state index contributed by atoms with van der Waals surface area (Å²) in [5.41, 5.74) is 0. The van der Waals surface area contributed by atoms with Crippen LogP contribution in [-0.2, 0) is 0 Å². The Kier molecular flexibility index (Phi) is 9.10. The molecule has 1 aliphatic rings. The lowest BCUT2D eigenvalue weighted by Gasteiger charge is -2.24. The summed E-state index contributed by atoms with van der Waals surface area (Å²) in [7, 11) is 6.16. The Morgan fingerprint density at radius 2 is 2.14 bits per heavy atom. The van der Waals surface area contributed by atoms with Crippen molar-refractivity contribution in [3.8, 4) is 0 Å². The lowest BCUT2D eigenvalue weighted by atomic mass is 10.3. The fraction of sp³-hybridized carbons (Fsp3) is 0.812. The summed E-state index contributed by atoms with van der Waals surface area (Å²) >= 11 is 0. The topological polar surface area (TPSA) is 34.1 Å². The van der Waals surface area contributed by atoms with E-state index < -0.39 is 0 Å². The number of unbranched alkanes of at least 4 members (excludes halogenated alkanes) is 1. The second-order valence-corrected chi connectivity index (χ2v) is 5.82. The van der Waals surface area contributed by atoms with E-state index in [1.165, 1.54) is 32.6 Å². The number of hydrogen-bond donors (Lipinski definition) is 1. The number of rotatable bonds is 7. The Balaban J connectivity index is 2.23. The molecule has 1 saturated heterocycles. The van der Waals surface area contributed by atoms with Gasteiger partial charge in [-0.3, -0.25) is 4.99 Å². The highest BCUT2D eigenvalue weighted by Crippen LogP contribution is 2.00. The SMILES string of the molecule is C=CCCCN(C)C(=NC)NCCN1CCCN(C)CC1. The van der Waals surface area contributed by atoms with Gasteiger partial charge in [0.1, 0.15) is 0 Å². The Morgan fingerprint density at radius 3 is 2.86 bits per heavy atom. The fourth-order valence-corrected chi connectivity index (χ4v) is 2.61. The van der Waals surface area contributed by atoms with Crippen LogP contribution < -0.4 is 5.32 Å². The first-order valence-electron chi connectivity index (χ1n) is 8.11. The summed E-state index contributed by atoms with van der Waals surface area (Å²) in [6.45, 7) is 11.6. The van der Waals surface area contributed by atoms with Gasteiger partial charge >= 0.3 is 0 Å². The smallest absolute Gasteiger partial charge is 0.193 e. The molecule has 0 atom stereocenters. The van der Waals surface area contributed by atoms with E-state index in [9.17, 15) is 0 Å². The second kappa shape index (κ2) is 10.6. The van der Waals surface area contributed by atoms with Crippen LogP contribution in [0.3, 0.4) is 0 Å². The van der Waals surface area contributed by atoms with Crippen molar-refractivity contribution in [3.63, 3.8) is 0 Å². The Morgan fingerprint density at radius 1 is 1.33 bits per heavy atom. The normalized spacial score (nSPS) is 18.3. The summed E-state index contributed by atoms with van der Waals surface area (Å²) < 4.78 is 0. The molecule has 0 saturated carbocycles. The summed E-state index contributed by atoms with van der Waals surface area (Å²) in [4.78, 5) is 11.5. The number of hydrogen-bond acceptors (Lipinski definition) is 3. The van der Waals surface area contributed by atoms with E-state index in [-0.39, 0.29) is 0 Å². The van der Waals surface area contributed by atoms with Crippen LogP contribution in [0.25, 0.3) is 0 Å². The molecule has 0 aromatic heterocycles. The zero-order valence-corrected chi connectivity index (χ0v) is 14.1. The Bertz CT molecular complexity index is 316. The predicted molar refractivity (Wildman–Crippen MR) is 92.0 cm³/mol. The average Bonchev–Trinajstić information content (AvgIpc) is 2.68. The largest absolute Gasteiger partial charge is 0.355 e. The van der Waals surface area contributed by atoms with Crippen molar-refractivity contribution < 1.29 is 0 Å². The molecule has 1 N–H and O–H groups in total. The van der Waals surface area contributed by atoms with Crippen molar-refractivity contribution in [1.82, 2.24) is 20.0 Å². The standard InChI is InChI=1S/C16H33N5/c1-5-6-7-11-20(4)16(17-2)18-9-13-21-12-8-10-19(3)14-15-21/h5H,1,6-15H2,2-4H3,(H,17,18). The van der Waals surface area contributed by atoms with Crippen molar-refractivity contribution in [2.45, 2.75) is 19.3 Å². The van der Waals surface area contributed by atoms with E-state index in [0.717, 1.165) is 38.4 Å². The van der Waals surface area contributed by atoms with E-state index in [0.29, 0.717) is 0 Å². The summed E-state index contributed by atoms with van der Waals surface area (Å²) in [5.74, 6) is 0.992. The third-order valence-electron chi connectivity index (χ3n) is 4.00. The Labute approximate surface area is 130 Å². The molecule has 1 rings (SSSR count). The number of nitrogens with zero attached hydrogens (tertiary/aromatic N) is 4. The van der Waals surface area contributed by atoms with Crippen molar-refractivity contribution in [1.29, 1.82) is 0 Å². The van der Waals surface area contributed by atoms with Crippen molar-refractivity contribution in [3.05, 3.63) is 12.7 Å². The molecule has 0 radical (unpaired) electrons. The van der Waals surface area contributed by atoms with Crippen LogP contribution in [0.5, 0.6) is 0 Å². The molecule has 21 heavy (non-hydrogen) atoms. The molecule has 122 valence electrons. The van der Waals surface area contributed by atoms with Crippen LogP contribution in [0.1, 0.15) is 19.3 Å². The first-order chi connectivity index (χ1) is 10.2. The molecular formula is C16H33N5. The molecule has 0 unspecified atom stereocenters. The third-order valence-corrected chi connectivity index (χ3v) is 4.00. The quantitative estimate of drug-likeness (QED) is 0.330. The molecule has 0 aliphatic carbocycles. The van der Waals surface area contributed by atoms with Crippen LogP contribution in [0.4, 0.5) is 0 Å². The van der Waals surface area contributed by atoms with Crippen LogP contribution in [-0.4, -0.2) is 87.6 Å². The third kappa shape index (κ3) is 7.48. The van der Waals surface area contributed by atoms with Crippen LogP contribution >= 0.6 is 0 Å². The molecule has 0 spiro atoms. The molecule has 1 aliphatic heterocycles. The summed E-state index contributed by atoms with van der Waals surface area (Å²) in [6, 6.07) is 0. The van der Waals surface area contributed by atoms with Crippen LogP contribution in [0.2, 0.25) is 0 Å². The molecule has 0 aromatic rings. The van der Waals surface area contributed by atoms with Gasteiger partial charge in [-0.2, -0.15) is 0 Å². The van der Waals surface area contributed by atoms with Gasteiger partial charge in [0, 0.05) is 46.8 Å². The maximum atomic E-state index is 4.36. The number of nitrogens with one attached hydrogen (secondary N) is 1. The molecule has 5 heteroatoms. The summed E-state index contributed by atoms with van der Waals surface area (Å²) in [6.07, 6.45) is 5.43. The molecular weight excluding hydrogens is 262 g/mol. The lowest BCUT2D eigenvalue weighted by molar-refractivity contribution is 0.279. The van der Waals surface area contributed by atoms with Gasteiger partial charge in [-0.05, 0) is 39.4 Å². The van der Waals surface area contributed by atoms with E-state index in [2.05, 4.69) is 45.7 Å². The highest BCUT2D eigenvalue weighted by Gasteiger charge is 2.12. The van der Waals surface area contributed by atoms with E-state index >= 15 is 0 Å². The monoisotopic (exact) mass is 295 g/mol. The predicted octanol–water partition coefficient (Wildman–Crippen LogP) is 1.10. The molecule has 0 amide bonds. The van der Waals surface area contributed by atoms with Crippen molar-refractivity contribution in [2.75, 3.05) is 67.0 Å². The van der Waals surface area contributed by atoms with E-state index in [1.807, 2.05) is 13.1 Å². The summed E-state index contributed by atoms with van der Waals surface area (Å²) in [5, 5.41) is 3.47. The van der Waals surface area contributed by atoms with Gasteiger partial charge in [-0.1, -0.05) is 6.08 Å². The van der Waals surface area contributed by atoms with Gasteiger partial charge in [0.25, 0.3) is 0 Å². The van der Waals surface area contributed by atoms with Crippen LogP contribution in [0, 0.1) is 0 Å². The molecule has 0 aromatic carbocycles. The number of guanidine groups is 1. The number of allylic oxidation sites excluding steroid dienone is 1. The van der Waals surface area contributed by atoms with E-state index in [4.69, 9.17) is 0 Å². The first-order valence-corrected chi connectivity index (χ1v) is 8.11. The molecule has 5 nitrogen and oxygen atoms in total. The van der Waals surface area contributed by atoms with Gasteiger partial charge in [0.15, 0.2) is 5.96 Å². The van der Waals surface area contributed by atoms with Crippen LogP contribution in [0.15, 0.2) is 17.6 Å². The average molecular weight is 295 g/mol. The minimum Gasteiger partial charge on any atom is -0.355 e. The Hall–Kier alpha value is -1.07. The molecule has 1 fully saturated rings.